The van der Waals surface area contributed by atoms with Gasteiger partial charge in [0.1, 0.15) is 5.60 Å². The SMILES string of the molecule is CC(C)(C)OC(=O)NC1CCCCC1(C)C#N. The molecule has 96 valence electrons. The summed E-state index contributed by atoms with van der Waals surface area (Å²) in [5.41, 5.74) is -0.961. The fourth-order valence-corrected chi connectivity index (χ4v) is 2.15. The van der Waals surface area contributed by atoms with E-state index in [-0.39, 0.29) is 6.04 Å². The molecule has 1 rings (SSSR count). The van der Waals surface area contributed by atoms with Crippen molar-refractivity contribution >= 4 is 6.09 Å². The van der Waals surface area contributed by atoms with Gasteiger partial charge >= 0.3 is 6.09 Å². The summed E-state index contributed by atoms with van der Waals surface area (Å²) in [6.07, 6.45) is 3.37. The van der Waals surface area contributed by atoms with Gasteiger partial charge in [-0.05, 0) is 40.5 Å². The highest BCUT2D eigenvalue weighted by Crippen LogP contribution is 2.35. The molecular formula is C13H22N2O2. The first-order valence-corrected chi connectivity index (χ1v) is 6.18. The number of rotatable bonds is 1. The number of carbonyl (C=O) groups is 1. The third-order valence-corrected chi connectivity index (χ3v) is 3.15. The fourth-order valence-electron chi connectivity index (χ4n) is 2.15. The van der Waals surface area contributed by atoms with Crippen LogP contribution in [0.3, 0.4) is 0 Å². The first-order valence-electron chi connectivity index (χ1n) is 6.18. The Bertz CT molecular complexity index is 327. The normalized spacial score (nSPS) is 29.2. The Kier molecular flexibility index (Phi) is 4.03. The van der Waals surface area contributed by atoms with Gasteiger partial charge in [0.25, 0.3) is 0 Å². The number of alkyl carbamates (subject to hydrolysis) is 1. The molecule has 0 aromatic rings. The molecule has 0 aromatic heterocycles. The second-order valence-corrected chi connectivity index (χ2v) is 5.97. The summed E-state index contributed by atoms with van der Waals surface area (Å²) in [6, 6.07) is 2.23. The predicted molar refractivity (Wildman–Crippen MR) is 65.3 cm³/mol. The van der Waals surface area contributed by atoms with Crippen LogP contribution >= 0.6 is 0 Å². The minimum Gasteiger partial charge on any atom is -0.444 e. The Morgan fingerprint density at radius 3 is 2.65 bits per heavy atom. The van der Waals surface area contributed by atoms with Crippen LogP contribution in [0.5, 0.6) is 0 Å². The van der Waals surface area contributed by atoms with Crippen LogP contribution in [0.1, 0.15) is 53.4 Å². The number of nitriles is 1. The van der Waals surface area contributed by atoms with Crippen molar-refractivity contribution in [1.82, 2.24) is 5.32 Å². The summed E-state index contributed by atoms with van der Waals surface area (Å²) in [5.74, 6) is 0. The molecule has 0 aromatic carbocycles. The average Bonchev–Trinajstić information content (AvgIpc) is 2.19. The van der Waals surface area contributed by atoms with E-state index in [1.54, 1.807) is 0 Å². The van der Waals surface area contributed by atoms with Crippen LogP contribution in [-0.4, -0.2) is 17.7 Å². The molecule has 1 amide bonds. The molecule has 4 heteroatoms. The molecule has 0 heterocycles. The van der Waals surface area contributed by atoms with Crippen molar-refractivity contribution in [2.24, 2.45) is 5.41 Å². The van der Waals surface area contributed by atoms with E-state index in [0.717, 1.165) is 25.7 Å². The Balaban J connectivity index is 2.61. The first-order chi connectivity index (χ1) is 7.77. The van der Waals surface area contributed by atoms with Gasteiger partial charge in [-0.2, -0.15) is 5.26 Å². The highest BCUT2D eigenvalue weighted by atomic mass is 16.6. The quantitative estimate of drug-likeness (QED) is 0.763. The molecule has 1 fully saturated rings. The topological polar surface area (TPSA) is 62.1 Å². The number of carbonyl (C=O) groups excluding carboxylic acids is 1. The van der Waals surface area contributed by atoms with Crippen LogP contribution < -0.4 is 5.32 Å². The van der Waals surface area contributed by atoms with Crippen molar-refractivity contribution in [2.75, 3.05) is 0 Å². The molecule has 4 nitrogen and oxygen atoms in total. The van der Waals surface area contributed by atoms with Crippen LogP contribution in [-0.2, 0) is 4.74 Å². The zero-order valence-electron chi connectivity index (χ0n) is 11.2. The minimum absolute atomic E-state index is 0.101. The third kappa shape index (κ3) is 3.92. The monoisotopic (exact) mass is 238 g/mol. The largest absolute Gasteiger partial charge is 0.444 e. The van der Waals surface area contributed by atoms with E-state index in [1.165, 1.54) is 0 Å². The van der Waals surface area contributed by atoms with Crippen molar-refractivity contribution in [2.45, 2.75) is 65.0 Å². The molecule has 0 radical (unpaired) electrons. The zero-order chi connectivity index (χ0) is 13.1. The van der Waals surface area contributed by atoms with Gasteiger partial charge in [-0.15, -0.1) is 0 Å². The van der Waals surface area contributed by atoms with Crippen molar-refractivity contribution in [3.05, 3.63) is 0 Å². The molecule has 0 spiro atoms. The lowest BCUT2D eigenvalue weighted by Gasteiger charge is -2.36. The van der Waals surface area contributed by atoms with Gasteiger partial charge in [-0.1, -0.05) is 12.8 Å². The van der Waals surface area contributed by atoms with Crippen molar-refractivity contribution in [3.8, 4) is 6.07 Å². The Morgan fingerprint density at radius 2 is 2.12 bits per heavy atom. The number of ether oxygens (including phenoxy) is 1. The van der Waals surface area contributed by atoms with Crippen LogP contribution in [0, 0.1) is 16.7 Å². The van der Waals surface area contributed by atoms with E-state index in [2.05, 4.69) is 11.4 Å². The smallest absolute Gasteiger partial charge is 0.407 e. The number of hydrogen-bond donors (Lipinski definition) is 1. The molecule has 0 saturated heterocycles. The first kappa shape index (κ1) is 13.8. The molecule has 1 saturated carbocycles. The van der Waals surface area contributed by atoms with Crippen molar-refractivity contribution in [3.63, 3.8) is 0 Å². The van der Waals surface area contributed by atoms with Crippen LogP contribution in [0.4, 0.5) is 4.79 Å². The van der Waals surface area contributed by atoms with Crippen LogP contribution in [0.15, 0.2) is 0 Å². The molecule has 1 aliphatic rings. The Labute approximate surface area is 103 Å². The number of amides is 1. The Morgan fingerprint density at radius 1 is 1.47 bits per heavy atom. The molecule has 2 atom stereocenters. The van der Waals surface area contributed by atoms with Crippen LogP contribution in [0.2, 0.25) is 0 Å². The second-order valence-electron chi connectivity index (χ2n) is 5.97. The number of nitrogens with zero attached hydrogens (tertiary/aromatic N) is 1. The standard InChI is InChI=1S/C13H22N2O2/c1-12(2,3)17-11(16)15-10-7-5-6-8-13(10,4)9-14/h10H,5-8H2,1-4H3,(H,15,16). The minimum atomic E-state index is -0.498. The van der Waals surface area contributed by atoms with Crippen LogP contribution in [0.25, 0.3) is 0 Å². The molecule has 2 unspecified atom stereocenters. The van der Waals surface area contributed by atoms with E-state index in [9.17, 15) is 10.1 Å². The summed E-state index contributed by atoms with van der Waals surface area (Å²) in [6.45, 7) is 7.40. The highest BCUT2D eigenvalue weighted by Gasteiger charge is 2.38. The summed E-state index contributed by atoms with van der Waals surface area (Å²) in [5, 5.41) is 12.1. The maximum absolute atomic E-state index is 11.7. The van der Waals surface area contributed by atoms with E-state index < -0.39 is 17.1 Å². The number of nitrogens with one attached hydrogen (secondary N) is 1. The Hall–Kier alpha value is -1.24. The summed E-state index contributed by atoms with van der Waals surface area (Å²) in [7, 11) is 0. The molecule has 0 bridgehead atoms. The predicted octanol–water partition coefficient (Wildman–Crippen LogP) is 2.98. The van der Waals surface area contributed by atoms with Gasteiger partial charge in [0.2, 0.25) is 0 Å². The maximum atomic E-state index is 11.7. The lowest BCUT2D eigenvalue weighted by molar-refractivity contribution is 0.0447. The molecule has 0 aliphatic heterocycles. The molecule has 1 N–H and O–H groups in total. The van der Waals surface area contributed by atoms with Gasteiger partial charge in [-0.25, -0.2) is 4.79 Å². The maximum Gasteiger partial charge on any atom is 0.407 e. The fraction of sp³-hybridized carbons (Fsp3) is 0.846. The van der Waals surface area contributed by atoms with E-state index >= 15 is 0 Å². The lowest BCUT2D eigenvalue weighted by atomic mass is 9.73. The van der Waals surface area contributed by atoms with Gasteiger partial charge in [0.15, 0.2) is 0 Å². The van der Waals surface area contributed by atoms with Gasteiger partial charge < -0.3 is 10.1 Å². The average molecular weight is 238 g/mol. The van der Waals surface area contributed by atoms with Gasteiger partial charge in [-0.3, -0.25) is 0 Å². The van der Waals surface area contributed by atoms with Gasteiger partial charge in [0.05, 0.1) is 17.5 Å². The molecular weight excluding hydrogens is 216 g/mol. The van der Waals surface area contributed by atoms with E-state index in [0.29, 0.717) is 0 Å². The third-order valence-electron chi connectivity index (χ3n) is 3.15. The number of hydrogen-bond acceptors (Lipinski definition) is 3. The summed E-state index contributed by atoms with van der Waals surface area (Å²) >= 11 is 0. The highest BCUT2D eigenvalue weighted by molar-refractivity contribution is 5.68. The summed E-state index contributed by atoms with van der Waals surface area (Å²) < 4.78 is 5.22. The summed E-state index contributed by atoms with van der Waals surface area (Å²) in [4.78, 5) is 11.7. The zero-order valence-corrected chi connectivity index (χ0v) is 11.2. The molecule has 1 aliphatic carbocycles. The van der Waals surface area contributed by atoms with Crippen molar-refractivity contribution in [1.29, 1.82) is 5.26 Å². The van der Waals surface area contributed by atoms with Crippen molar-refractivity contribution < 1.29 is 9.53 Å². The van der Waals surface area contributed by atoms with E-state index in [4.69, 9.17) is 4.74 Å². The van der Waals surface area contributed by atoms with E-state index in [1.807, 2.05) is 27.7 Å². The lowest BCUT2D eigenvalue weighted by Crippen LogP contribution is -2.49. The second kappa shape index (κ2) is 4.95. The molecule has 17 heavy (non-hydrogen) atoms. The van der Waals surface area contributed by atoms with Gasteiger partial charge in [0, 0.05) is 0 Å².